The monoisotopic (exact) mass is 363 g/mol. The van der Waals surface area contributed by atoms with Crippen LogP contribution in [-0.4, -0.2) is 35.7 Å². The summed E-state index contributed by atoms with van der Waals surface area (Å²) in [5, 5.41) is 17.3. The number of nitrogens with zero attached hydrogens (tertiary/aromatic N) is 2. The molecule has 134 valence electrons. The van der Waals surface area contributed by atoms with Crippen molar-refractivity contribution in [2.24, 2.45) is 0 Å². The lowest BCUT2D eigenvalue weighted by Crippen LogP contribution is -2.30. The quantitative estimate of drug-likeness (QED) is 0.765. The van der Waals surface area contributed by atoms with Crippen LogP contribution in [0.15, 0.2) is 28.8 Å². The first-order chi connectivity index (χ1) is 11.9. The number of anilines is 3. The summed E-state index contributed by atoms with van der Waals surface area (Å²) < 4.78 is 5.36. The Labute approximate surface area is 151 Å². The van der Waals surface area contributed by atoms with Gasteiger partial charge in [0.05, 0.1) is 29.7 Å². The third-order valence-corrected chi connectivity index (χ3v) is 4.82. The van der Waals surface area contributed by atoms with E-state index in [0.29, 0.717) is 16.6 Å². The maximum atomic E-state index is 11.3. The fraction of sp³-hybridized carbons (Fsp3) is 0.444. The summed E-state index contributed by atoms with van der Waals surface area (Å²) in [5.74, 6) is 0.460. The van der Waals surface area contributed by atoms with Gasteiger partial charge >= 0.3 is 0 Å². The predicted octanol–water partition coefficient (Wildman–Crippen LogP) is 3.51. The molecule has 0 saturated carbocycles. The lowest BCUT2D eigenvalue weighted by atomic mass is 9.91. The molecule has 2 heterocycles. The van der Waals surface area contributed by atoms with Crippen LogP contribution in [0.1, 0.15) is 32.4 Å². The number of aromatic nitrogens is 1. The van der Waals surface area contributed by atoms with E-state index in [2.05, 4.69) is 15.4 Å². The third-order valence-electron chi connectivity index (χ3n) is 4.58. The molecule has 0 unspecified atom stereocenters. The number of carbonyl (C=O) groups excluding carboxylic acids is 1. The second kappa shape index (κ2) is 7.06. The van der Waals surface area contributed by atoms with Crippen molar-refractivity contribution in [3.63, 3.8) is 0 Å². The number of halogens is 1. The Balaban J connectivity index is 1.90. The molecule has 1 fully saturated rings. The highest BCUT2D eigenvalue weighted by Gasteiger charge is 2.27. The second-order valence-corrected chi connectivity index (χ2v) is 7.38. The molecule has 1 aliphatic rings. The van der Waals surface area contributed by atoms with Crippen molar-refractivity contribution in [1.29, 1.82) is 0 Å². The molecule has 1 aliphatic heterocycles. The molecule has 0 aliphatic carbocycles. The maximum Gasteiger partial charge on any atom is 0.229 e. The SMILES string of the molecule is CC(C)(CO)c1cc(Nc2cc(Cl)ccc2N2CCC[C@H]2C=O)on1. The molecule has 3 rings (SSSR count). The van der Waals surface area contributed by atoms with Crippen molar-refractivity contribution in [3.05, 3.63) is 35.0 Å². The average Bonchev–Trinajstić information content (AvgIpc) is 3.24. The Kier molecular flexibility index (Phi) is 5.01. The van der Waals surface area contributed by atoms with Gasteiger partial charge in [-0.25, -0.2) is 0 Å². The lowest BCUT2D eigenvalue weighted by molar-refractivity contribution is -0.108. The summed E-state index contributed by atoms with van der Waals surface area (Å²) in [4.78, 5) is 13.4. The fourth-order valence-electron chi connectivity index (χ4n) is 2.96. The Morgan fingerprint density at radius 2 is 2.28 bits per heavy atom. The van der Waals surface area contributed by atoms with Crippen molar-refractivity contribution in [3.8, 4) is 0 Å². The first-order valence-corrected chi connectivity index (χ1v) is 8.69. The van der Waals surface area contributed by atoms with Gasteiger partial charge in [0.15, 0.2) is 0 Å². The van der Waals surface area contributed by atoms with Crippen LogP contribution in [0.25, 0.3) is 0 Å². The van der Waals surface area contributed by atoms with E-state index in [9.17, 15) is 9.90 Å². The Morgan fingerprint density at radius 3 is 3.00 bits per heavy atom. The average molecular weight is 364 g/mol. The molecular formula is C18H22ClN3O3. The van der Waals surface area contributed by atoms with E-state index < -0.39 is 5.41 Å². The number of aliphatic hydroxyl groups is 1. The van der Waals surface area contributed by atoms with Gasteiger partial charge in [0.1, 0.15) is 6.29 Å². The number of nitrogens with one attached hydrogen (secondary N) is 1. The van der Waals surface area contributed by atoms with Gasteiger partial charge < -0.3 is 24.6 Å². The van der Waals surface area contributed by atoms with Crippen molar-refractivity contribution in [2.45, 2.75) is 38.1 Å². The van der Waals surface area contributed by atoms with Crippen molar-refractivity contribution in [2.75, 3.05) is 23.4 Å². The zero-order valence-corrected chi connectivity index (χ0v) is 15.1. The summed E-state index contributed by atoms with van der Waals surface area (Å²) in [5.41, 5.74) is 1.83. The normalized spacial score (nSPS) is 17.8. The van der Waals surface area contributed by atoms with Crippen LogP contribution < -0.4 is 10.2 Å². The molecule has 0 amide bonds. The summed E-state index contributed by atoms with van der Waals surface area (Å²) in [6.45, 7) is 4.56. The third kappa shape index (κ3) is 3.65. The number of aliphatic hydroxyl groups excluding tert-OH is 1. The van der Waals surface area contributed by atoms with Crippen LogP contribution >= 0.6 is 11.6 Å². The Hall–Kier alpha value is -2.05. The van der Waals surface area contributed by atoms with E-state index in [4.69, 9.17) is 16.1 Å². The van der Waals surface area contributed by atoms with E-state index in [1.807, 2.05) is 26.0 Å². The Morgan fingerprint density at radius 1 is 1.48 bits per heavy atom. The predicted molar refractivity (Wildman–Crippen MR) is 97.8 cm³/mol. The van der Waals surface area contributed by atoms with E-state index in [-0.39, 0.29) is 12.6 Å². The first-order valence-electron chi connectivity index (χ1n) is 8.31. The number of hydrogen-bond acceptors (Lipinski definition) is 6. The van der Waals surface area contributed by atoms with Gasteiger partial charge in [0.25, 0.3) is 0 Å². The van der Waals surface area contributed by atoms with Crippen LogP contribution in [0.5, 0.6) is 0 Å². The second-order valence-electron chi connectivity index (χ2n) is 6.94. The van der Waals surface area contributed by atoms with Crippen LogP contribution in [0.2, 0.25) is 5.02 Å². The molecule has 6 nitrogen and oxygen atoms in total. The van der Waals surface area contributed by atoms with E-state index in [1.165, 1.54) is 0 Å². The Bertz CT molecular complexity index is 760. The highest BCUT2D eigenvalue weighted by atomic mass is 35.5. The smallest absolute Gasteiger partial charge is 0.229 e. The highest BCUT2D eigenvalue weighted by Crippen LogP contribution is 2.36. The summed E-state index contributed by atoms with van der Waals surface area (Å²) >= 11 is 6.15. The van der Waals surface area contributed by atoms with Crippen molar-refractivity contribution >= 4 is 35.1 Å². The van der Waals surface area contributed by atoms with Gasteiger partial charge in [-0.1, -0.05) is 30.6 Å². The number of aldehydes is 1. The van der Waals surface area contributed by atoms with Crippen molar-refractivity contribution < 1.29 is 14.4 Å². The molecule has 25 heavy (non-hydrogen) atoms. The number of benzene rings is 1. The minimum Gasteiger partial charge on any atom is -0.395 e. The summed E-state index contributed by atoms with van der Waals surface area (Å²) in [6.07, 6.45) is 2.81. The molecule has 0 spiro atoms. The van der Waals surface area contributed by atoms with Crippen LogP contribution in [0, 0.1) is 0 Å². The topological polar surface area (TPSA) is 78.6 Å². The molecule has 2 aromatic rings. The molecule has 1 saturated heterocycles. The standard InChI is InChI=1S/C18H22ClN3O3/c1-18(2,11-24)16-9-17(25-21-16)20-14-8-12(19)5-6-15(14)22-7-3-4-13(22)10-23/h5-6,8-10,13,20,24H,3-4,7,11H2,1-2H3/t13-/m0/s1. The zero-order chi connectivity index (χ0) is 18.0. The van der Waals surface area contributed by atoms with Gasteiger partial charge in [-0.15, -0.1) is 0 Å². The van der Waals surface area contributed by atoms with Gasteiger partial charge in [-0.2, -0.15) is 0 Å². The number of carbonyl (C=O) groups is 1. The molecular weight excluding hydrogens is 342 g/mol. The molecule has 7 heteroatoms. The van der Waals surface area contributed by atoms with Gasteiger partial charge in [0.2, 0.25) is 5.88 Å². The van der Waals surface area contributed by atoms with Crippen LogP contribution in [0.4, 0.5) is 17.3 Å². The summed E-state index contributed by atoms with van der Waals surface area (Å²) in [7, 11) is 0. The van der Waals surface area contributed by atoms with Crippen LogP contribution in [0.3, 0.4) is 0 Å². The zero-order valence-electron chi connectivity index (χ0n) is 14.3. The first kappa shape index (κ1) is 17.8. The van der Waals surface area contributed by atoms with Crippen molar-refractivity contribution in [1.82, 2.24) is 5.16 Å². The molecule has 0 radical (unpaired) electrons. The highest BCUT2D eigenvalue weighted by molar-refractivity contribution is 6.31. The largest absolute Gasteiger partial charge is 0.395 e. The molecule has 1 aromatic carbocycles. The minimum atomic E-state index is -0.488. The van der Waals surface area contributed by atoms with E-state index in [1.54, 1.807) is 12.1 Å². The minimum absolute atomic E-state index is 0.0316. The van der Waals surface area contributed by atoms with Gasteiger partial charge in [-0.3, -0.25) is 0 Å². The molecule has 1 aromatic heterocycles. The fourth-order valence-corrected chi connectivity index (χ4v) is 3.13. The molecule has 0 bridgehead atoms. The van der Waals surface area contributed by atoms with E-state index >= 15 is 0 Å². The lowest BCUT2D eigenvalue weighted by Gasteiger charge is -2.25. The van der Waals surface area contributed by atoms with E-state index in [0.717, 1.165) is 37.0 Å². The summed E-state index contributed by atoms with van der Waals surface area (Å²) in [6, 6.07) is 7.16. The molecule has 1 atom stereocenters. The van der Waals surface area contributed by atoms with Gasteiger partial charge in [-0.05, 0) is 31.0 Å². The number of hydrogen-bond donors (Lipinski definition) is 2. The maximum absolute atomic E-state index is 11.3. The van der Waals surface area contributed by atoms with Gasteiger partial charge in [0, 0.05) is 23.0 Å². The molecule has 2 N–H and O–H groups in total. The number of rotatable bonds is 6. The van der Waals surface area contributed by atoms with Crippen LogP contribution in [-0.2, 0) is 10.2 Å².